The first-order chi connectivity index (χ1) is 20.0. The van der Waals surface area contributed by atoms with Crippen LogP contribution < -0.4 is 4.74 Å². The first kappa shape index (κ1) is 28.4. The second-order valence-electron chi connectivity index (χ2n) is 11.9. The van der Waals surface area contributed by atoms with E-state index in [9.17, 15) is 29.7 Å². The smallest absolute Gasteiger partial charge is 0.265 e. The van der Waals surface area contributed by atoms with Crippen LogP contribution in [0.4, 0.5) is 4.39 Å². The van der Waals surface area contributed by atoms with Crippen molar-refractivity contribution in [3.63, 3.8) is 0 Å². The molecule has 11 nitrogen and oxygen atoms in total. The average molecular weight is 584 g/mol. The number of allylic oxidation sites excluding steroid dienone is 1. The van der Waals surface area contributed by atoms with Gasteiger partial charge in [-0.25, -0.2) is 4.39 Å². The second-order valence-corrected chi connectivity index (χ2v) is 11.9. The van der Waals surface area contributed by atoms with E-state index >= 15 is 4.39 Å². The number of aliphatic hydroxyl groups excluding tert-OH is 1. The molecule has 224 valence electrons. The monoisotopic (exact) mass is 583 g/mol. The van der Waals surface area contributed by atoms with Crippen molar-refractivity contribution in [1.82, 2.24) is 15.0 Å². The minimum absolute atomic E-state index is 0.0404. The lowest BCUT2D eigenvalue weighted by molar-refractivity contribution is -0.0559. The molecule has 0 bridgehead atoms. The van der Waals surface area contributed by atoms with Gasteiger partial charge in [-0.3, -0.25) is 19.3 Å². The molecule has 1 amide bonds. The van der Waals surface area contributed by atoms with Gasteiger partial charge in [-0.1, -0.05) is 13.3 Å². The molecule has 2 heterocycles. The van der Waals surface area contributed by atoms with Crippen LogP contribution in [0.3, 0.4) is 0 Å². The van der Waals surface area contributed by atoms with Crippen LogP contribution in [0.1, 0.15) is 87.5 Å². The molecule has 1 aromatic heterocycles. The number of hydrogen-bond acceptors (Lipinski definition) is 10. The van der Waals surface area contributed by atoms with E-state index in [2.05, 4.69) is 5.16 Å². The fraction of sp³-hybridized carbons (Fsp3) is 0.533. The van der Waals surface area contributed by atoms with Crippen molar-refractivity contribution in [3.8, 4) is 11.6 Å². The van der Waals surface area contributed by atoms with Gasteiger partial charge in [0.05, 0.1) is 18.2 Å². The van der Waals surface area contributed by atoms with Gasteiger partial charge in [-0.2, -0.15) is 0 Å². The van der Waals surface area contributed by atoms with E-state index < -0.39 is 63.8 Å². The highest BCUT2D eigenvalue weighted by atomic mass is 19.1. The Balaban J connectivity index is 1.47. The number of hydrogen-bond donors (Lipinski definition) is 3. The average Bonchev–Trinajstić information content (AvgIpc) is 3.61. The first-order valence-electron chi connectivity index (χ1n) is 14.4. The van der Waals surface area contributed by atoms with Crippen LogP contribution in [0.15, 0.2) is 21.9 Å². The van der Waals surface area contributed by atoms with Gasteiger partial charge in [0.15, 0.2) is 17.1 Å². The SMILES string of the molecule is CCCCOc1noc2c1C(=O)[C@@]1(O)C(O)=C3C(=O)c4c(cc(F)c(C(=O)N5CCCC5)c4O)C[C@H]3C[C@H]1[C@@H]2N(C)C. The molecule has 3 aliphatic carbocycles. The van der Waals surface area contributed by atoms with Crippen molar-refractivity contribution in [2.45, 2.75) is 57.1 Å². The highest BCUT2D eigenvalue weighted by molar-refractivity contribution is 6.17. The Morgan fingerprint density at radius 1 is 1.24 bits per heavy atom. The highest BCUT2D eigenvalue weighted by Gasteiger charge is 2.64. The Kier molecular flexibility index (Phi) is 6.88. The summed E-state index contributed by atoms with van der Waals surface area (Å²) in [5, 5.41) is 38.8. The summed E-state index contributed by atoms with van der Waals surface area (Å²) in [5.74, 6) is -6.57. The number of phenolic OH excluding ortho intramolecular Hbond substituents is 1. The van der Waals surface area contributed by atoms with Gasteiger partial charge in [0, 0.05) is 24.6 Å². The molecule has 6 rings (SSSR count). The van der Waals surface area contributed by atoms with Crippen molar-refractivity contribution < 1.29 is 43.4 Å². The number of aliphatic hydroxyl groups is 2. The van der Waals surface area contributed by atoms with Crippen LogP contribution in [-0.4, -0.2) is 87.1 Å². The number of fused-ring (bicyclic) bond motifs is 4. The van der Waals surface area contributed by atoms with Gasteiger partial charge in [-0.15, -0.1) is 0 Å². The quantitative estimate of drug-likeness (QED) is 0.432. The molecule has 0 saturated carbocycles. The van der Waals surface area contributed by atoms with Crippen LogP contribution in [0.25, 0.3) is 0 Å². The van der Waals surface area contributed by atoms with Gasteiger partial charge >= 0.3 is 0 Å². The van der Waals surface area contributed by atoms with Crippen molar-refractivity contribution in [2.24, 2.45) is 11.8 Å². The zero-order chi connectivity index (χ0) is 30.1. The predicted molar refractivity (Wildman–Crippen MR) is 145 cm³/mol. The van der Waals surface area contributed by atoms with E-state index in [4.69, 9.17) is 9.26 Å². The van der Waals surface area contributed by atoms with Crippen LogP contribution in [-0.2, 0) is 6.42 Å². The number of amides is 1. The summed E-state index contributed by atoms with van der Waals surface area (Å²) in [4.78, 5) is 44.2. The molecule has 4 aliphatic rings. The molecule has 12 heteroatoms. The summed E-state index contributed by atoms with van der Waals surface area (Å²) >= 11 is 0. The van der Waals surface area contributed by atoms with Crippen LogP contribution in [0.2, 0.25) is 0 Å². The number of unbranched alkanes of at least 4 members (excludes halogenated alkanes) is 1. The molecule has 1 aromatic carbocycles. The zero-order valence-electron chi connectivity index (χ0n) is 23.8. The molecule has 0 spiro atoms. The minimum Gasteiger partial charge on any atom is -0.508 e. The minimum atomic E-state index is -2.51. The summed E-state index contributed by atoms with van der Waals surface area (Å²) in [7, 11) is 3.46. The third-order valence-electron chi connectivity index (χ3n) is 9.18. The van der Waals surface area contributed by atoms with Crippen molar-refractivity contribution in [1.29, 1.82) is 0 Å². The largest absolute Gasteiger partial charge is 0.508 e. The van der Waals surface area contributed by atoms with Crippen molar-refractivity contribution >= 4 is 17.5 Å². The van der Waals surface area contributed by atoms with Gasteiger partial charge < -0.3 is 29.5 Å². The molecule has 2 aromatic rings. The normalized spacial score (nSPS) is 26.7. The molecular weight excluding hydrogens is 549 g/mol. The number of rotatable bonds is 6. The van der Waals surface area contributed by atoms with Gasteiger partial charge in [-0.05, 0) is 68.9 Å². The number of carbonyl (C=O) groups excluding carboxylic acids is 3. The van der Waals surface area contributed by atoms with E-state index in [1.807, 2.05) is 6.92 Å². The fourth-order valence-electron chi connectivity index (χ4n) is 7.14. The number of benzene rings is 1. The topological polar surface area (TPSA) is 154 Å². The second kappa shape index (κ2) is 10.2. The van der Waals surface area contributed by atoms with E-state index in [0.29, 0.717) is 19.5 Å². The number of likely N-dealkylation sites (tertiary alicyclic amines) is 1. The molecule has 1 saturated heterocycles. The predicted octanol–water partition coefficient (Wildman–Crippen LogP) is 3.35. The summed E-state index contributed by atoms with van der Waals surface area (Å²) in [5.41, 5.74) is -3.56. The molecule has 42 heavy (non-hydrogen) atoms. The summed E-state index contributed by atoms with van der Waals surface area (Å²) in [6.45, 7) is 3.06. The fourth-order valence-corrected chi connectivity index (χ4v) is 7.14. The summed E-state index contributed by atoms with van der Waals surface area (Å²) in [6.07, 6.45) is 3.14. The van der Waals surface area contributed by atoms with Crippen LogP contribution in [0.5, 0.6) is 11.6 Å². The molecule has 1 aliphatic heterocycles. The molecule has 1 fully saturated rings. The van der Waals surface area contributed by atoms with Gasteiger partial charge in [0.1, 0.15) is 28.5 Å². The van der Waals surface area contributed by atoms with Crippen molar-refractivity contribution in [3.05, 3.63) is 51.2 Å². The summed E-state index contributed by atoms with van der Waals surface area (Å²) < 4.78 is 26.6. The zero-order valence-corrected chi connectivity index (χ0v) is 23.8. The van der Waals surface area contributed by atoms with Crippen LogP contribution >= 0.6 is 0 Å². The maximum absolute atomic E-state index is 15.3. The Morgan fingerprint density at radius 3 is 2.62 bits per heavy atom. The Labute approximate surface area is 241 Å². The lowest BCUT2D eigenvalue weighted by Gasteiger charge is -2.49. The standard InChI is InChI=1S/C30H34FN3O8/c1-4-5-10-41-28-21-25(42-32-28)22(33(2)3)16-12-14-11-15-13-17(31)20(29(39)34-8-6-7-9-34)24(36)18(15)23(35)19(14)26(37)30(16,40)27(21)38/h13-14,16,22,36-37,40H,4-12H2,1-3H3/t14-,16-,22-,30-/m0/s1. The third-order valence-corrected chi connectivity index (χ3v) is 9.18. The van der Waals surface area contributed by atoms with E-state index in [-0.39, 0.29) is 53.4 Å². The van der Waals surface area contributed by atoms with E-state index in [1.54, 1.807) is 19.0 Å². The number of Topliss-reactive ketones (excluding diaryl/α,β-unsaturated/α-hetero) is 2. The van der Waals surface area contributed by atoms with Crippen molar-refractivity contribution in [2.75, 3.05) is 33.8 Å². The number of ether oxygens (including phenoxy) is 1. The number of aromatic nitrogens is 1. The maximum atomic E-state index is 15.3. The number of aromatic hydroxyl groups is 1. The third kappa shape index (κ3) is 3.91. The van der Waals surface area contributed by atoms with Gasteiger partial charge in [0.25, 0.3) is 11.8 Å². The number of nitrogens with zero attached hydrogens (tertiary/aromatic N) is 3. The highest BCUT2D eigenvalue weighted by Crippen LogP contribution is 2.56. The molecule has 3 N–H and O–H groups in total. The Bertz CT molecular complexity index is 1520. The molecule has 0 unspecified atom stereocenters. The first-order valence-corrected chi connectivity index (χ1v) is 14.4. The van der Waals surface area contributed by atoms with E-state index in [0.717, 1.165) is 25.3 Å². The Morgan fingerprint density at radius 2 is 1.95 bits per heavy atom. The molecular formula is C30H34FN3O8. The number of phenols is 1. The van der Waals surface area contributed by atoms with Gasteiger partial charge in [0.2, 0.25) is 5.78 Å². The number of halogens is 1. The van der Waals surface area contributed by atoms with E-state index in [1.165, 1.54) is 4.90 Å². The molecule has 4 atom stereocenters. The lowest BCUT2D eigenvalue weighted by atomic mass is 9.58. The maximum Gasteiger partial charge on any atom is 0.265 e. The summed E-state index contributed by atoms with van der Waals surface area (Å²) in [6, 6.07) is 0.374. The van der Waals surface area contributed by atoms with Crippen LogP contribution in [0, 0.1) is 17.7 Å². The number of carbonyl (C=O) groups is 3. The molecule has 0 radical (unpaired) electrons. The Hall–Kier alpha value is -3.77. The number of ketones is 2. The lowest BCUT2D eigenvalue weighted by Crippen LogP contribution is -2.59.